The van der Waals surface area contributed by atoms with Gasteiger partial charge in [-0.05, 0) is 35.7 Å². The fraction of sp³-hybridized carbons (Fsp3) is 0.143. The van der Waals surface area contributed by atoms with Gasteiger partial charge in [0.05, 0.1) is 5.02 Å². The van der Waals surface area contributed by atoms with Crippen LogP contribution in [0.25, 0.3) is 0 Å². The van der Waals surface area contributed by atoms with Gasteiger partial charge in [-0.25, -0.2) is 8.78 Å². The summed E-state index contributed by atoms with van der Waals surface area (Å²) in [5.41, 5.74) is 1.43. The highest BCUT2D eigenvalue weighted by molar-refractivity contribution is 9.09. The van der Waals surface area contributed by atoms with Crippen LogP contribution in [0.4, 0.5) is 8.78 Å². The molecule has 0 aliphatic heterocycles. The molecule has 94 valence electrons. The predicted octanol–water partition coefficient (Wildman–Crippen LogP) is 5.30. The fourth-order valence-corrected chi connectivity index (χ4v) is 2.50. The van der Waals surface area contributed by atoms with Gasteiger partial charge in [-0.15, -0.1) is 0 Å². The Balaban J connectivity index is 2.19. The Morgan fingerprint density at radius 2 is 1.78 bits per heavy atom. The molecule has 2 aromatic carbocycles. The standard InChI is InChI=1S/C14H10BrClF2/c15-11(7-10-3-1-2-4-13(10)17)9-5-6-14(18)12(16)8-9/h1-6,8,11H,7H2. The van der Waals surface area contributed by atoms with Gasteiger partial charge < -0.3 is 0 Å². The van der Waals surface area contributed by atoms with Crippen LogP contribution in [0.3, 0.4) is 0 Å². The van der Waals surface area contributed by atoms with Crippen LogP contribution in [0.1, 0.15) is 16.0 Å². The minimum absolute atomic E-state index is 0.0745. The molecule has 0 saturated carbocycles. The maximum absolute atomic E-state index is 13.5. The van der Waals surface area contributed by atoms with Gasteiger partial charge in [-0.3, -0.25) is 0 Å². The van der Waals surface area contributed by atoms with Crippen molar-refractivity contribution < 1.29 is 8.78 Å². The molecule has 0 bridgehead atoms. The Labute approximate surface area is 118 Å². The molecule has 0 aliphatic carbocycles. The van der Waals surface area contributed by atoms with Crippen LogP contribution in [0, 0.1) is 11.6 Å². The van der Waals surface area contributed by atoms with Crippen molar-refractivity contribution in [3.05, 3.63) is 70.2 Å². The van der Waals surface area contributed by atoms with Gasteiger partial charge in [0.25, 0.3) is 0 Å². The van der Waals surface area contributed by atoms with E-state index in [0.717, 1.165) is 5.56 Å². The van der Waals surface area contributed by atoms with E-state index < -0.39 is 5.82 Å². The van der Waals surface area contributed by atoms with Crippen LogP contribution in [0.15, 0.2) is 42.5 Å². The highest BCUT2D eigenvalue weighted by Crippen LogP contribution is 2.30. The summed E-state index contributed by atoms with van der Waals surface area (Å²) in [5, 5.41) is 0.0745. The van der Waals surface area contributed by atoms with E-state index in [-0.39, 0.29) is 15.7 Å². The van der Waals surface area contributed by atoms with E-state index in [1.165, 1.54) is 12.1 Å². The molecule has 0 fully saturated rings. The molecular formula is C14H10BrClF2. The van der Waals surface area contributed by atoms with E-state index in [0.29, 0.717) is 12.0 Å². The average molecular weight is 332 g/mol. The number of hydrogen-bond acceptors (Lipinski definition) is 0. The second-order valence-corrected chi connectivity index (χ2v) is 5.45. The SMILES string of the molecule is Fc1ccc(C(Br)Cc2ccccc2F)cc1Cl. The van der Waals surface area contributed by atoms with Crippen LogP contribution >= 0.6 is 27.5 Å². The first-order chi connectivity index (χ1) is 8.58. The Hall–Kier alpha value is -0.930. The number of alkyl halides is 1. The van der Waals surface area contributed by atoms with Crippen LogP contribution in [-0.2, 0) is 6.42 Å². The largest absolute Gasteiger partial charge is 0.207 e. The van der Waals surface area contributed by atoms with Crippen molar-refractivity contribution in [1.29, 1.82) is 0 Å². The summed E-state index contributed by atoms with van der Waals surface area (Å²) in [7, 11) is 0. The van der Waals surface area contributed by atoms with Crippen LogP contribution in [0.2, 0.25) is 5.02 Å². The first-order valence-corrected chi connectivity index (χ1v) is 6.69. The van der Waals surface area contributed by atoms with Crippen molar-refractivity contribution >= 4 is 27.5 Å². The normalized spacial score (nSPS) is 12.4. The molecule has 0 N–H and O–H groups in total. The number of hydrogen-bond donors (Lipinski definition) is 0. The lowest BCUT2D eigenvalue weighted by Gasteiger charge is -2.11. The minimum Gasteiger partial charge on any atom is -0.207 e. The van der Waals surface area contributed by atoms with Gasteiger partial charge in [0, 0.05) is 4.83 Å². The molecule has 2 rings (SSSR count). The van der Waals surface area contributed by atoms with Crippen molar-refractivity contribution in [2.75, 3.05) is 0 Å². The van der Waals surface area contributed by atoms with Gasteiger partial charge in [-0.2, -0.15) is 0 Å². The monoisotopic (exact) mass is 330 g/mol. The zero-order valence-electron chi connectivity index (χ0n) is 9.34. The highest BCUT2D eigenvalue weighted by Gasteiger charge is 2.12. The van der Waals surface area contributed by atoms with E-state index in [9.17, 15) is 8.78 Å². The Morgan fingerprint density at radius 1 is 1.06 bits per heavy atom. The van der Waals surface area contributed by atoms with Gasteiger partial charge in [-0.1, -0.05) is 51.8 Å². The van der Waals surface area contributed by atoms with Gasteiger partial charge in [0.15, 0.2) is 0 Å². The van der Waals surface area contributed by atoms with E-state index in [2.05, 4.69) is 15.9 Å². The summed E-state index contributed by atoms with van der Waals surface area (Å²) >= 11 is 9.19. The lowest BCUT2D eigenvalue weighted by molar-refractivity contribution is 0.607. The van der Waals surface area contributed by atoms with E-state index >= 15 is 0 Å². The molecule has 18 heavy (non-hydrogen) atoms. The third-order valence-corrected chi connectivity index (χ3v) is 3.80. The van der Waals surface area contributed by atoms with Crippen molar-refractivity contribution in [3.63, 3.8) is 0 Å². The van der Waals surface area contributed by atoms with Crippen molar-refractivity contribution in [2.24, 2.45) is 0 Å². The third-order valence-electron chi connectivity index (χ3n) is 2.66. The lowest BCUT2D eigenvalue weighted by atomic mass is 10.0. The second-order valence-electron chi connectivity index (χ2n) is 3.94. The molecule has 0 spiro atoms. The zero-order chi connectivity index (χ0) is 13.1. The Kier molecular flexibility index (Phi) is 4.36. The zero-order valence-corrected chi connectivity index (χ0v) is 11.7. The summed E-state index contributed by atoms with van der Waals surface area (Å²) < 4.78 is 26.5. The fourth-order valence-electron chi connectivity index (χ4n) is 1.68. The maximum atomic E-state index is 13.5. The van der Waals surface area contributed by atoms with Gasteiger partial charge in [0.1, 0.15) is 11.6 Å². The third kappa shape index (κ3) is 3.09. The van der Waals surface area contributed by atoms with Gasteiger partial charge in [0.2, 0.25) is 0 Å². The number of halogens is 4. The molecule has 2 aromatic rings. The first-order valence-electron chi connectivity index (χ1n) is 5.40. The van der Waals surface area contributed by atoms with Crippen LogP contribution in [0.5, 0.6) is 0 Å². The molecule has 1 unspecified atom stereocenters. The minimum atomic E-state index is -0.453. The van der Waals surface area contributed by atoms with E-state index in [1.54, 1.807) is 30.3 Å². The molecule has 0 amide bonds. The lowest BCUT2D eigenvalue weighted by Crippen LogP contribution is -1.98. The summed E-state index contributed by atoms with van der Waals surface area (Å²) in [6, 6.07) is 11.1. The highest BCUT2D eigenvalue weighted by atomic mass is 79.9. The molecule has 1 atom stereocenters. The molecule has 0 radical (unpaired) electrons. The summed E-state index contributed by atoms with van der Waals surface area (Å²) in [6.07, 6.45) is 0.481. The molecule has 0 aromatic heterocycles. The van der Waals surface area contributed by atoms with Gasteiger partial charge >= 0.3 is 0 Å². The first kappa shape index (κ1) is 13.5. The number of rotatable bonds is 3. The summed E-state index contributed by atoms with van der Waals surface area (Å²) in [5.74, 6) is -0.693. The molecule has 0 saturated heterocycles. The smallest absolute Gasteiger partial charge is 0.141 e. The summed E-state index contributed by atoms with van der Waals surface area (Å²) in [6.45, 7) is 0. The topological polar surface area (TPSA) is 0 Å². The van der Waals surface area contributed by atoms with E-state index in [4.69, 9.17) is 11.6 Å². The molecule has 4 heteroatoms. The predicted molar refractivity (Wildman–Crippen MR) is 73.2 cm³/mol. The molecule has 0 nitrogen and oxygen atoms in total. The molecule has 0 heterocycles. The average Bonchev–Trinajstić information content (AvgIpc) is 2.35. The maximum Gasteiger partial charge on any atom is 0.141 e. The van der Waals surface area contributed by atoms with Crippen LogP contribution < -0.4 is 0 Å². The Morgan fingerprint density at radius 3 is 2.44 bits per heavy atom. The number of benzene rings is 2. The van der Waals surface area contributed by atoms with Crippen LogP contribution in [-0.4, -0.2) is 0 Å². The molecule has 0 aliphatic rings. The quantitative estimate of drug-likeness (QED) is 0.670. The second kappa shape index (κ2) is 5.81. The van der Waals surface area contributed by atoms with Crippen molar-refractivity contribution in [1.82, 2.24) is 0 Å². The van der Waals surface area contributed by atoms with Crippen molar-refractivity contribution in [3.8, 4) is 0 Å². The summed E-state index contributed by atoms with van der Waals surface area (Å²) in [4.78, 5) is -0.104. The molecular weight excluding hydrogens is 322 g/mol. The Bertz CT molecular complexity index is 557. The van der Waals surface area contributed by atoms with Crippen molar-refractivity contribution in [2.45, 2.75) is 11.2 Å². The van der Waals surface area contributed by atoms with E-state index in [1.807, 2.05) is 0 Å².